The van der Waals surface area contributed by atoms with Gasteiger partial charge in [-0.3, -0.25) is 4.68 Å². The molecule has 4 aromatic heterocycles. The Morgan fingerprint density at radius 2 is 1.88 bits per heavy atom. The quantitative estimate of drug-likeness (QED) is 0.431. The molecule has 8 heteroatoms. The molecule has 5 rings (SSSR count). The van der Waals surface area contributed by atoms with Gasteiger partial charge in [-0.1, -0.05) is 13.8 Å². The van der Waals surface area contributed by atoms with Crippen molar-refractivity contribution in [3.63, 3.8) is 0 Å². The maximum atomic E-state index is 9.64. The summed E-state index contributed by atoms with van der Waals surface area (Å²) in [5, 5.41) is 18.4. The summed E-state index contributed by atoms with van der Waals surface area (Å²) in [6.07, 6.45) is 11.6. The summed E-state index contributed by atoms with van der Waals surface area (Å²) in [7, 11) is 1.90. The van der Waals surface area contributed by atoms with Crippen LogP contribution in [-0.4, -0.2) is 50.2 Å². The highest BCUT2D eigenvalue weighted by Crippen LogP contribution is 2.32. The van der Waals surface area contributed by atoms with Crippen molar-refractivity contribution in [2.75, 3.05) is 24.6 Å². The highest BCUT2D eigenvalue weighted by atomic mass is 16.5. The molecule has 1 aliphatic rings. The first-order chi connectivity index (χ1) is 16.5. The Bertz CT molecular complexity index is 1320. The third kappa shape index (κ3) is 4.39. The van der Waals surface area contributed by atoms with Crippen LogP contribution in [0.15, 0.2) is 49.2 Å². The normalized spacial score (nSPS) is 14.7. The number of nitriles is 1. The lowest BCUT2D eigenvalue weighted by Gasteiger charge is -2.33. The second-order valence-corrected chi connectivity index (χ2v) is 9.33. The Morgan fingerprint density at radius 3 is 2.53 bits per heavy atom. The molecule has 0 bridgehead atoms. The number of aromatic nitrogens is 5. The highest BCUT2D eigenvalue weighted by molar-refractivity contribution is 5.87. The van der Waals surface area contributed by atoms with E-state index in [2.05, 4.69) is 53.2 Å². The number of hydrogen-bond acceptors (Lipinski definition) is 6. The number of piperidine rings is 1. The zero-order valence-corrected chi connectivity index (χ0v) is 19.8. The molecule has 8 nitrogen and oxygen atoms in total. The molecule has 4 aromatic rings. The van der Waals surface area contributed by atoms with Gasteiger partial charge >= 0.3 is 0 Å². The average Bonchev–Trinajstić information content (AvgIpc) is 3.48. The molecule has 0 N–H and O–H groups in total. The Hall–Kier alpha value is -3.70. The molecule has 0 saturated carbocycles. The monoisotopic (exact) mass is 455 g/mol. The number of fused-ring (bicyclic) bond motifs is 1. The summed E-state index contributed by atoms with van der Waals surface area (Å²) in [5.74, 6) is 1.53. The van der Waals surface area contributed by atoms with Crippen molar-refractivity contribution >= 4 is 11.3 Å². The maximum absolute atomic E-state index is 9.64. The molecule has 0 atom stereocenters. The summed E-state index contributed by atoms with van der Waals surface area (Å²) in [5.41, 5.74) is 5.18. The molecule has 174 valence electrons. The number of ether oxygens (including phenoxy) is 1. The van der Waals surface area contributed by atoms with Crippen LogP contribution in [0.5, 0.6) is 0 Å². The standard InChI is InChI=1S/C26H29N7O/c1-18(2)17-34-23-6-8-32(9-7-23)25-5-4-19(12-28-25)24-10-20(22-14-29-31(3)15-22)16-33-26(24)21(11-27)13-30-33/h4-5,10,12-16,18,23H,6-9,17H2,1-3H3. The molecule has 0 aromatic carbocycles. The van der Waals surface area contributed by atoms with Gasteiger partial charge in [0.15, 0.2) is 0 Å². The van der Waals surface area contributed by atoms with Gasteiger partial charge in [-0.15, -0.1) is 0 Å². The predicted molar refractivity (Wildman–Crippen MR) is 131 cm³/mol. The van der Waals surface area contributed by atoms with Gasteiger partial charge in [0.05, 0.1) is 29.6 Å². The van der Waals surface area contributed by atoms with Gasteiger partial charge in [0, 0.05) is 67.6 Å². The third-order valence-corrected chi connectivity index (χ3v) is 6.26. The molecule has 0 radical (unpaired) electrons. The van der Waals surface area contributed by atoms with Crippen LogP contribution in [0.25, 0.3) is 27.8 Å². The number of rotatable bonds is 6. The van der Waals surface area contributed by atoms with Crippen LogP contribution in [0, 0.1) is 17.2 Å². The number of pyridine rings is 2. The Balaban J connectivity index is 1.42. The van der Waals surface area contributed by atoms with Gasteiger partial charge in [0.25, 0.3) is 0 Å². The molecule has 34 heavy (non-hydrogen) atoms. The van der Waals surface area contributed by atoms with Gasteiger partial charge in [-0.25, -0.2) is 9.50 Å². The molecule has 1 saturated heterocycles. The van der Waals surface area contributed by atoms with E-state index in [9.17, 15) is 5.26 Å². The first kappa shape index (κ1) is 22.1. The number of aryl methyl sites for hydroxylation is 1. The van der Waals surface area contributed by atoms with Gasteiger partial charge in [0.2, 0.25) is 0 Å². The fourth-order valence-corrected chi connectivity index (χ4v) is 4.46. The van der Waals surface area contributed by atoms with Crippen molar-refractivity contribution in [3.05, 3.63) is 54.7 Å². The molecule has 0 unspecified atom stereocenters. The van der Waals surface area contributed by atoms with Gasteiger partial charge < -0.3 is 9.64 Å². The molecular formula is C26H29N7O. The lowest BCUT2D eigenvalue weighted by molar-refractivity contribution is 0.0214. The minimum absolute atomic E-state index is 0.340. The maximum Gasteiger partial charge on any atom is 0.128 e. The zero-order valence-electron chi connectivity index (χ0n) is 19.8. The summed E-state index contributed by atoms with van der Waals surface area (Å²) < 4.78 is 9.57. The minimum atomic E-state index is 0.340. The lowest BCUT2D eigenvalue weighted by atomic mass is 10.0. The van der Waals surface area contributed by atoms with Crippen LogP contribution < -0.4 is 4.90 Å². The van der Waals surface area contributed by atoms with Crippen molar-refractivity contribution in [2.45, 2.75) is 32.8 Å². The summed E-state index contributed by atoms with van der Waals surface area (Å²) in [6.45, 7) is 7.08. The second kappa shape index (κ2) is 9.27. The van der Waals surface area contributed by atoms with E-state index in [1.54, 1.807) is 15.4 Å². The van der Waals surface area contributed by atoms with Crippen LogP contribution in [-0.2, 0) is 11.8 Å². The first-order valence-corrected chi connectivity index (χ1v) is 11.8. The van der Waals surface area contributed by atoms with Crippen LogP contribution in [0.2, 0.25) is 0 Å². The number of anilines is 1. The molecule has 0 aliphatic carbocycles. The van der Waals surface area contributed by atoms with Crippen molar-refractivity contribution in [3.8, 4) is 28.3 Å². The van der Waals surface area contributed by atoms with Gasteiger partial charge in [-0.05, 0) is 37.0 Å². The van der Waals surface area contributed by atoms with E-state index in [0.717, 1.165) is 66.1 Å². The first-order valence-electron chi connectivity index (χ1n) is 11.8. The van der Waals surface area contributed by atoms with E-state index in [0.29, 0.717) is 17.6 Å². The smallest absolute Gasteiger partial charge is 0.128 e. The topological polar surface area (TPSA) is 84.3 Å². The second-order valence-electron chi connectivity index (χ2n) is 9.33. The van der Waals surface area contributed by atoms with E-state index in [4.69, 9.17) is 9.72 Å². The Morgan fingerprint density at radius 1 is 1.06 bits per heavy atom. The fourth-order valence-electron chi connectivity index (χ4n) is 4.46. The van der Waals surface area contributed by atoms with Crippen molar-refractivity contribution in [1.29, 1.82) is 5.26 Å². The zero-order chi connectivity index (χ0) is 23.7. The minimum Gasteiger partial charge on any atom is -0.378 e. The van der Waals surface area contributed by atoms with Gasteiger partial charge in [0.1, 0.15) is 11.9 Å². The molecule has 1 aliphatic heterocycles. The van der Waals surface area contributed by atoms with Gasteiger partial charge in [-0.2, -0.15) is 15.5 Å². The summed E-state index contributed by atoms with van der Waals surface area (Å²) in [6, 6.07) is 8.51. The molecule has 0 spiro atoms. The molecular weight excluding hydrogens is 426 g/mol. The summed E-state index contributed by atoms with van der Waals surface area (Å²) in [4.78, 5) is 7.11. The van der Waals surface area contributed by atoms with Crippen molar-refractivity contribution in [1.82, 2.24) is 24.4 Å². The van der Waals surface area contributed by atoms with E-state index < -0.39 is 0 Å². The summed E-state index contributed by atoms with van der Waals surface area (Å²) >= 11 is 0. The van der Waals surface area contributed by atoms with Crippen LogP contribution in [0.4, 0.5) is 5.82 Å². The van der Waals surface area contributed by atoms with Crippen LogP contribution in [0.3, 0.4) is 0 Å². The molecule has 1 fully saturated rings. The Kier molecular flexibility index (Phi) is 6.03. The van der Waals surface area contributed by atoms with Crippen LogP contribution in [0.1, 0.15) is 32.3 Å². The van der Waals surface area contributed by atoms with E-state index in [1.165, 1.54) is 0 Å². The van der Waals surface area contributed by atoms with Crippen molar-refractivity contribution < 1.29 is 4.74 Å². The molecule has 5 heterocycles. The fraction of sp³-hybridized carbons (Fsp3) is 0.385. The van der Waals surface area contributed by atoms with E-state index >= 15 is 0 Å². The molecule has 0 amide bonds. The average molecular weight is 456 g/mol. The number of hydrogen-bond donors (Lipinski definition) is 0. The third-order valence-electron chi connectivity index (χ3n) is 6.26. The van der Waals surface area contributed by atoms with Crippen LogP contribution >= 0.6 is 0 Å². The number of nitrogens with zero attached hydrogens (tertiary/aromatic N) is 7. The SMILES string of the molecule is CC(C)COC1CCN(c2ccc(-c3cc(-c4cnn(C)c4)cn4ncc(C#N)c34)cn2)CC1. The highest BCUT2D eigenvalue weighted by Gasteiger charge is 2.21. The Labute approximate surface area is 199 Å². The van der Waals surface area contributed by atoms with E-state index in [1.807, 2.05) is 31.8 Å². The van der Waals surface area contributed by atoms with E-state index in [-0.39, 0.29) is 0 Å². The van der Waals surface area contributed by atoms with Crippen molar-refractivity contribution in [2.24, 2.45) is 13.0 Å². The predicted octanol–water partition coefficient (Wildman–Crippen LogP) is 4.31. The lowest BCUT2D eigenvalue weighted by Crippen LogP contribution is -2.37. The largest absolute Gasteiger partial charge is 0.378 e.